The van der Waals surface area contributed by atoms with Crippen molar-refractivity contribution in [3.05, 3.63) is 88.2 Å². The molecular weight excluding hydrogens is 479 g/mol. The number of nitro groups is 1. The number of thiocarbonyl (C=S) groups is 1. The van der Waals surface area contributed by atoms with Gasteiger partial charge in [-0.1, -0.05) is 0 Å². The van der Waals surface area contributed by atoms with E-state index in [9.17, 15) is 22.9 Å². The first kappa shape index (κ1) is 23.6. The van der Waals surface area contributed by atoms with Crippen molar-refractivity contribution in [3.8, 4) is 0 Å². The summed E-state index contributed by atoms with van der Waals surface area (Å²) in [5.41, 5.74) is 2.26. The highest BCUT2D eigenvalue weighted by Gasteiger charge is 2.34. The molecule has 0 radical (unpaired) electrons. The molecule has 1 atom stereocenters. The lowest BCUT2D eigenvalue weighted by Crippen LogP contribution is -2.42. The van der Waals surface area contributed by atoms with E-state index in [0.29, 0.717) is 35.5 Å². The molecule has 1 heterocycles. The van der Waals surface area contributed by atoms with Crippen LogP contribution in [-0.2, 0) is 16.4 Å². The number of hydrogen-bond donors (Lipinski definition) is 2. The molecule has 3 aromatic carbocycles. The van der Waals surface area contributed by atoms with Gasteiger partial charge in [0, 0.05) is 29.5 Å². The molecule has 0 saturated heterocycles. The number of nitrogens with zero attached hydrogens (tertiary/aromatic N) is 2. The average molecular weight is 501 g/mol. The van der Waals surface area contributed by atoms with E-state index in [4.69, 9.17) is 12.2 Å². The van der Waals surface area contributed by atoms with Crippen LogP contribution in [0.3, 0.4) is 0 Å². The van der Waals surface area contributed by atoms with Crippen LogP contribution in [0.2, 0.25) is 0 Å². The van der Waals surface area contributed by atoms with Crippen molar-refractivity contribution < 1.29 is 17.7 Å². The molecule has 0 fully saturated rings. The number of nitro benzene ring substituents is 1. The lowest BCUT2D eigenvalue weighted by molar-refractivity contribution is -0.384. The van der Waals surface area contributed by atoms with Gasteiger partial charge in [-0.05, 0) is 92.1 Å². The summed E-state index contributed by atoms with van der Waals surface area (Å²) in [5.74, 6) is -0.389. The number of halogens is 1. The predicted octanol–water partition coefficient (Wildman–Crippen LogP) is 5.07. The second-order valence-electron chi connectivity index (χ2n) is 7.87. The topological polar surface area (TPSA) is 105 Å². The largest absolute Gasteiger partial charge is 0.332 e. The van der Waals surface area contributed by atoms with E-state index in [-0.39, 0.29) is 27.6 Å². The highest BCUT2D eigenvalue weighted by atomic mass is 32.2. The first-order valence-electron chi connectivity index (χ1n) is 10.4. The zero-order valence-electron chi connectivity index (χ0n) is 18.1. The Bertz CT molecular complexity index is 1350. The second kappa shape index (κ2) is 9.35. The summed E-state index contributed by atoms with van der Waals surface area (Å²) in [6, 6.07) is 15.8. The number of anilines is 3. The van der Waals surface area contributed by atoms with Crippen molar-refractivity contribution in [1.29, 1.82) is 0 Å². The summed E-state index contributed by atoms with van der Waals surface area (Å²) in [7, 11) is -3.86. The highest BCUT2D eigenvalue weighted by molar-refractivity contribution is 7.92. The normalized spacial score (nSPS) is 15.4. The molecule has 4 rings (SSSR count). The zero-order chi connectivity index (χ0) is 24.5. The Kier molecular flexibility index (Phi) is 6.49. The Labute approximate surface area is 201 Å². The SMILES string of the molecule is CC1CCc2cc(F)ccc2N1S(=O)(=O)c1ccc(NC(=S)Nc2ccc([N+](=O)[O-])cc2)cc1. The number of rotatable bonds is 5. The molecule has 8 nitrogen and oxygen atoms in total. The van der Waals surface area contributed by atoms with Gasteiger partial charge in [-0.2, -0.15) is 0 Å². The fraction of sp³-hybridized carbons (Fsp3) is 0.174. The molecule has 2 N–H and O–H groups in total. The molecule has 0 bridgehead atoms. The lowest BCUT2D eigenvalue weighted by atomic mass is 9.99. The maximum Gasteiger partial charge on any atom is 0.269 e. The number of aryl methyl sites for hydroxylation is 1. The van der Waals surface area contributed by atoms with Gasteiger partial charge in [0.05, 0.1) is 15.5 Å². The Morgan fingerprint density at radius 1 is 1.06 bits per heavy atom. The van der Waals surface area contributed by atoms with Crippen LogP contribution in [0.4, 0.5) is 27.1 Å². The number of nitrogens with one attached hydrogen (secondary N) is 2. The van der Waals surface area contributed by atoms with Gasteiger partial charge in [0.25, 0.3) is 15.7 Å². The number of fused-ring (bicyclic) bond motifs is 1. The fourth-order valence-corrected chi connectivity index (χ4v) is 5.80. The number of hydrogen-bond acceptors (Lipinski definition) is 5. The van der Waals surface area contributed by atoms with Crippen LogP contribution in [0.15, 0.2) is 71.6 Å². The van der Waals surface area contributed by atoms with E-state index in [1.807, 2.05) is 6.92 Å². The first-order valence-corrected chi connectivity index (χ1v) is 12.3. The quantitative estimate of drug-likeness (QED) is 0.286. The Morgan fingerprint density at radius 2 is 1.65 bits per heavy atom. The maximum atomic E-state index is 13.7. The molecule has 11 heteroatoms. The third-order valence-electron chi connectivity index (χ3n) is 5.52. The smallest absolute Gasteiger partial charge is 0.269 e. The predicted molar refractivity (Wildman–Crippen MR) is 133 cm³/mol. The van der Waals surface area contributed by atoms with Crippen LogP contribution in [-0.4, -0.2) is 24.5 Å². The van der Waals surface area contributed by atoms with E-state index in [2.05, 4.69) is 10.6 Å². The minimum atomic E-state index is -3.86. The lowest BCUT2D eigenvalue weighted by Gasteiger charge is -2.36. The molecule has 3 aromatic rings. The third kappa shape index (κ3) is 4.85. The van der Waals surface area contributed by atoms with Crippen molar-refractivity contribution in [2.75, 3.05) is 14.9 Å². The van der Waals surface area contributed by atoms with Gasteiger partial charge in [0.15, 0.2) is 5.11 Å². The van der Waals surface area contributed by atoms with Crippen molar-refractivity contribution in [2.24, 2.45) is 0 Å². The first-order chi connectivity index (χ1) is 16.1. The van der Waals surface area contributed by atoms with Gasteiger partial charge < -0.3 is 10.6 Å². The van der Waals surface area contributed by atoms with Gasteiger partial charge in [-0.25, -0.2) is 12.8 Å². The van der Waals surface area contributed by atoms with E-state index < -0.39 is 14.9 Å². The van der Waals surface area contributed by atoms with Gasteiger partial charge >= 0.3 is 0 Å². The summed E-state index contributed by atoms with van der Waals surface area (Å²) in [6.45, 7) is 1.84. The molecule has 0 aromatic heterocycles. The van der Waals surface area contributed by atoms with Crippen LogP contribution >= 0.6 is 12.2 Å². The monoisotopic (exact) mass is 500 g/mol. The van der Waals surface area contributed by atoms with Crippen LogP contribution in [0.1, 0.15) is 18.9 Å². The van der Waals surface area contributed by atoms with Crippen molar-refractivity contribution in [1.82, 2.24) is 0 Å². The summed E-state index contributed by atoms with van der Waals surface area (Å²) in [5, 5.41) is 16.9. The number of sulfonamides is 1. The van der Waals surface area contributed by atoms with Crippen LogP contribution in [0.25, 0.3) is 0 Å². The highest BCUT2D eigenvalue weighted by Crippen LogP contribution is 2.36. The van der Waals surface area contributed by atoms with Crippen molar-refractivity contribution in [2.45, 2.75) is 30.7 Å². The fourth-order valence-electron chi connectivity index (χ4n) is 3.84. The molecule has 0 amide bonds. The van der Waals surface area contributed by atoms with E-state index in [0.717, 1.165) is 0 Å². The number of non-ortho nitro benzene ring substituents is 1. The maximum absolute atomic E-state index is 13.7. The molecular formula is C23H21FN4O4S2. The van der Waals surface area contributed by atoms with E-state index >= 15 is 0 Å². The van der Waals surface area contributed by atoms with Gasteiger partial charge in [0.2, 0.25) is 0 Å². The summed E-state index contributed by atoms with van der Waals surface area (Å²) < 4.78 is 41.9. The minimum Gasteiger partial charge on any atom is -0.332 e. The molecule has 1 aliphatic rings. The van der Waals surface area contributed by atoms with Gasteiger partial charge in [0.1, 0.15) is 5.82 Å². The summed E-state index contributed by atoms with van der Waals surface area (Å²) >= 11 is 5.27. The Morgan fingerprint density at radius 3 is 2.24 bits per heavy atom. The molecule has 1 unspecified atom stereocenters. The van der Waals surface area contributed by atoms with Crippen molar-refractivity contribution >= 4 is 50.1 Å². The number of benzene rings is 3. The van der Waals surface area contributed by atoms with Crippen LogP contribution in [0, 0.1) is 15.9 Å². The second-order valence-corrected chi connectivity index (χ2v) is 10.1. The van der Waals surface area contributed by atoms with Crippen LogP contribution in [0.5, 0.6) is 0 Å². The molecule has 0 saturated carbocycles. The zero-order valence-corrected chi connectivity index (χ0v) is 19.7. The van der Waals surface area contributed by atoms with Gasteiger partial charge in [-0.3, -0.25) is 14.4 Å². The standard InChI is InChI=1S/C23H21FN4O4S2/c1-15-2-3-16-14-17(24)4-13-22(16)27(15)34(31,32)21-11-7-19(8-12-21)26-23(33)25-18-5-9-20(10-6-18)28(29)30/h4-15H,2-3H2,1H3,(H2,25,26,33). The molecule has 0 aliphatic carbocycles. The Balaban J connectivity index is 1.49. The van der Waals surface area contributed by atoms with E-state index in [1.54, 1.807) is 12.1 Å². The van der Waals surface area contributed by atoms with Gasteiger partial charge in [-0.15, -0.1) is 0 Å². The Hall–Kier alpha value is -3.57. The molecule has 0 spiro atoms. The van der Waals surface area contributed by atoms with Crippen molar-refractivity contribution in [3.63, 3.8) is 0 Å². The molecule has 176 valence electrons. The van der Waals surface area contributed by atoms with E-state index in [1.165, 1.54) is 58.9 Å². The minimum absolute atomic E-state index is 0.0305. The average Bonchev–Trinajstić information content (AvgIpc) is 2.79. The van der Waals surface area contributed by atoms with Crippen LogP contribution < -0.4 is 14.9 Å². The molecule has 1 aliphatic heterocycles. The summed E-state index contributed by atoms with van der Waals surface area (Å²) in [6.07, 6.45) is 1.21. The summed E-state index contributed by atoms with van der Waals surface area (Å²) in [4.78, 5) is 10.4. The molecule has 34 heavy (non-hydrogen) atoms. The third-order valence-corrected chi connectivity index (χ3v) is 7.66.